The summed E-state index contributed by atoms with van der Waals surface area (Å²) in [5.74, 6) is -0.862. The molecule has 0 heterocycles. The number of Topliss-reactive ketones (excluding diaryl/α,β-unsaturated/α-hetero) is 1. The molecule has 0 saturated heterocycles. The molecule has 1 aromatic rings. The maximum atomic E-state index is 11.8. The number of carbonyl (C=O) groups is 2. The molecule has 1 rings (SSSR count). The highest BCUT2D eigenvalue weighted by atomic mass is 16.2. The third-order valence-electron chi connectivity index (χ3n) is 2.42. The van der Waals surface area contributed by atoms with Gasteiger partial charge in [0.2, 0.25) is 5.78 Å². The minimum atomic E-state index is -0.431. The molecular formula is C13H17NO2. The molecule has 3 nitrogen and oxygen atoms in total. The Bertz CT molecular complexity index is 359. The Morgan fingerprint density at radius 1 is 1.19 bits per heavy atom. The summed E-state index contributed by atoms with van der Waals surface area (Å²) in [6.45, 7) is 2.69. The molecule has 16 heavy (non-hydrogen) atoms. The zero-order valence-corrected chi connectivity index (χ0v) is 9.77. The van der Waals surface area contributed by atoms with Crippen LogP contribution in [0.3, 0.4) is 0 Å². The summed E-state index contributed by atoms with van der Waals surface area (Å²) in [7, 11) is 1.67. The predicted molar refractivity (Wildman–Crippen MR) is 63.3 cm³/mol. The molecule has 86 valence electrons. The third-order valence-corrected chi connectivity index (χ3v) is 2.42. The van der Waals surface area contributed by atoms with E-state index in [0.29, 0.717) is 12.1 Å². The smallest absolute Gasteiger partial charge is 0.294 e. The summed E-state index contributed by atoms with van der Waals surface area (Å²) >= 11 is 0. The Balaban J connectivity index is 2.64. The average molecular weight is 219 g/mol. The number of unbranched alkanes of at least 4 members (excludes halogenated alkanes) is 1. The summed E-state index contributed by atoms with van der Waals surface area (Å²) in [6.07, 6.45) is 1.93. The van der Waals surface area contributed by atoms with Crippen LogP contribution in [0.1, 0.15) is 30.1 Å². The van der Waals surface area contributed by atoms with Gasteiger partial charge in [0.25, 0.3) is 5.91 Å². The molecule has 0 bridgehead atoms. The summed E-state index contributed by atoms with van der Waals surface area (Å²) < 4.78 is 0. The molecule has 0 radical (unpaired) electrons. The van der Waals surface area contributed by atoms with Gasteiger partial charge in [-0.1, -0.05) is 43.7 Å². The average Bonchev–Trinajstić information content (AvgIpc) is 2.35. The molecule has 1 aromatic carbocycles. The Morgan fingerprint density at radius 2 is 1.81 bits per heavy atom. The molecule has 0 aliphatic rings. The van der Waals surface area contributed by atoms with Crippen LogP contribution in [0.25, 0.3) is 0 Å². The van der Waals surface area contributed by atoms with Crippen LogP contribution >= 0.6 is 0 Å². The quantitative estimate of drug-likeness (QED) is 0.562. The van der Waals surface area contributed by atoms with Crippen molar-refractivity contribution in [2.75, 3.05) is 13.6 Å². The molecular weight excluding hydrogens is 202 g/mol. The minimum Gasteiger partial charge on any atom is -0.339 e. The SMILES string of the molecule is CCCCN(C)C(=O)C(=O)c1ccccc1. The van der Waals surface area contributed by atoms with Gasteiger partial charge < -0.3 is 4.90 Å². The maximum absolute atomic E-state index is 11.8. The third kappa shape index (κ3) is 3.19. The van der Waals surface area contributed by atoms with Crippen molar-refractivity contribution in [2.24, 2.45) is 0 Å². The van der Waals surface area contributed by atoms with E-state index in [1.807, 2.05) is 6.07 Å². The second kappa shape index (κ2) is 6.05. The second-order valence-electron chi connectivity index (χ2n) is 3.78. The van der Waals surface area contributed by atoms with Gasteiger partial charge in [0.05, 0.1) is 0 Å². The zero-order chi connectivity index (χ0) is 12.0. The molecule has 0 saturated carbocycles. The van der Waals surface area contributed by atoms with Crippen LogP contribution in [0.15, 0.2) is 30.3 Å². The van der Waals surface area contributed by atoms with Gasteiger partial charge in [-0.15, -0.1) is 0 Å². The van der Waals surface area contributed by atoms with E-state index in [-0.39, 0.29) is 0 Å². The molecule has 0 fully saturated rings. The van der Waals surface area contributed by atoms with Crippen molar-refractivity contribution in [1.82, 2.24) is 4.90 Å². The van der Waals surface area contributed by atoms with Crippen molar-refractivity contribution >= 4 is 11.7 Å². The first-order valence-corrected chi connectivity index (χ1v) is 5.51. The number of amides is 1. The van der Waals surface area contributed by atoms with Crippen molar-refractivity contribution in [3.05, 3.63) is 35.9 Å². The van der Waals surface area contributed by atoms with Crippen LogP contribution < -0.4 is 0 Å². The molecule has 0 aromatic heterocycles. The van der Waals surface area contributed by atoms with Crippen LogP contribution in [-0.2, 0) is 4.79 Å². The van der Waals surface area contributed by atoms with Crippen LogP contribution in [0.5, 0.6) is 0 Å². The first kappa shape index (κ1) is 12.4. The zero-order valence-electron chi connectivity index (χ0n) is 9.77. The first-order chi connectivity index (χ1) is 7.66. The molecule has 1 amide bonds. The van der Waals surface area contributed by atoms with Gasteiger partial charge >= 0.3 is 0 Å². The van der Waals surface area contributed by atoms with Crippen molar-refractivity contribution in [3.63, 3.8) is 0 Å². The van der Waals surface area contributed by atoms with Gasteiger partial charge in [-0.3, -0.25) is 9.59 Å². The van der Waals surface area contributed by atoms with Crippen LogP contribution in [-0.4, -0.2) is 30.2 Å². The number of likely N-dealkylation sites (N-methyl/N-ethyl adjacent to an activating group) is 1. The van der Waals surface area contributed by atoms with Gasteiger partial charge in [0.15, 0.2) is 0 Å². The lowest BCUT2D eigenvalue weighted by molar-refractivity contribution is -0.125. The highest BCUT2D eigenvalue weighted by Gasteiger charge is 2.19. The number of carbonyl (C=O) groups excluding carboxylic acids is 2. The monoisotopic (exact) mass is 219 g/mol. The summed E-state index contributed by atoms with van der Waals surface area (Å²) in [5.41, 5.74) is 0.454. The maximum Gasteiger partial charge on any atom is 0.294 e. The lowest BCUT2D eigenvalue weighted by Gasteiger charge is -2.15. The summed E-state index contributed by atoms with van der Waals surface area (Å²) in [6, 6.07) is 8.66. The van der Waals surface area contributed by atoms with Gasteiger partial charge in [0, 0.05) is 19.2 Å². The van der Waals surface area contributed by atoms with E-state index in [0.717, 1.165) is 12.8 Å². The van der Waals surface area contributed by atoms with E-state index in [9.17, 15) is 9.59 Å². The number of nitrogens with zero attached hydrogens (tertiary/aromatic N) is 1. The molecule has 0 aliphatic heterocycles. The standard InChI is InChI=1S/C13H17NO2/c1-3-4-10-14(2)13(16)12(15)11-8-6-5-7-9-11/h5-9H,3-4,10H2,1-2H3. The van der Waals surface area contributed by atoms with E-state index in [1.165, 1.54) is 4.90 Å². The summed E-state index contributed by atoms with van der Waals surface area (Å²) in [4.78, 5) is 25.0. The Labute approximate surface area is 96.1 Å². The number of ketones is 1. The Morgan fingerprint density at radius 3 is 2.38 bits per heavy atom. The minimum absolute atomic E-state index is 0.431. The van der Waals surface area contributed by atoms with Crippen LogP contribution in [0, 0.1) is 0 Å². The highest BCUT2D eigenvalue weighted by molar-refractivity contribution is 6.42. The Kier molecular flexibility index (Phi) is 4.70. The fourth-order valence-electron chi connectivity index (χ4n) is 1.38. The lowest BCUT2D eigenvalue weighted by atomic mass is 10.1. The van der Waals surface area contributed by atoms with E-state index < -0.39 is 11.7 Å². The van der Waals surface area contributed by atoms with Crippen LogP contribution in [0.2, 0.25) is 0 Å². The number of hydrogen-bond donors (Lipinski definition) is 0. The molecule has 0 atom stereocenters. The highest BCUT2D eigenvalue weighted by Crippen LogP contribution is 2.03. The second-order valence-corrected chi connectivity index (χ2v) is 3.78. The van der Waals surface area contributed by atoms with E-state index in [2.05, 4.69) is 6.92 Å². The number of hydrogen-bond acceptors (Lipinski definition) is 2. The van der Waals surface area contributed by atoms with E-state index >= 15 is 0 Å². The van der Waals surface area contributed by atoms with E-state index in [4.69, 9.17) is 0 Å². The Hall–Kier alpha value is -1.64. The molecule has 0 spiro atoms. The lowest BCUT2D eigenvalue weighted by Crippen LogP contribution is -2.34. The molecule has 0 N–H and O–H groups in total. The number of rotatable bonds is 5. The topological polar surface area (TPSA) is 37.4 Å². The van der Waals surface area contributed by atoms with E-state index in [1.54, 1.807) is 31.3 Å². The van der Waals surface area contributed by atoms with Crippen molar-refractivity contribution in [1.29, 1.82) is 0 Å². The van der Waals surface area contributed by atoms with Gasteiger partial charge in [-0.2, -0.15) is 0 Å². The van der Waals surface area contributed by atoms with Crippen molar-refractivity contribution in [2.45, 2.75) is 19.8 Å². The largest absolute Gasteiger partial charge is 0.339 e. The number of benzene rings is 1. The molecule has 0 unspecified atom stereocenters. The molecule has 3 heteroatoms. The summed E-state index contributed by atoms with van der Waals surface area (Å²) in [5, 5.41) is 0. The normalized spacial score (nSPS) is 9.88. The fourth-order valence-corrected chi connectivity index (χ4v) is 1.38. The van der Waals surface area contributed by atoms with Gasteiger partial charge in [-0.05, 0) is 6.42 Å². The predicted octanol–water partition coefficient (Wildman–Crippen LogP) is 2.13. The van der Waals surface area contributed by atoms with Gasteiger partial charge in [0.1, 0.15) is 0 Å². The molecule has 0 aliphatic carbocycles. The van der Waals surface area contributed by atoms with Crippen LogP contribution in [0.4, 0.5) is 0 Å². The van der Waals surface area contributed by atoms with Crippen molar-refractivity contribution < 1.29 is 9.59 Å². The van der Waals surface area contributed by atoms with Gasteiger partial charge in [-0.25, -0.2) is 0 Å². The first-order valence-electron chi connectivity index (χ1n) is 5.51. The van der Waals surface area contributed by atoms with Crippen molar-refractivity contribution in [3.8, 4) is 0 Å². The fraction of sp³-hybridized carbons (Fsp3) is 0.385.